The Morgan fingerprint density at radius 1 is 1.32 bits per heavy atom. The van der Waals surface area contributed by atoms with Gasteiger partial charge < -0.3 is 15.1 Å². The summed E-state index contributed by atoms with van der Waals surface area (Å²) in [6.45, 7) is 1.00. The topological polar surface area (TPSA) is 78.6 Å². The molecule has 116 valence electrons. The van der Waals surface area contributed by atoms with Gasteiger partial charge in [0.1, 0.15) is 0 Å². The van der Waals surface area contributed by atoms with Crippen molar-refractivity contribution in [3.8, 4) is 5.69 Å². The van der Waals surface area contributed by atoms with Crippen LogP contribution in [0.5, 0.6) is 0 Å². The summed E-state index contributed by atoms with van der Waals surface area (Å²) in [6.07, 6.45) is 3.39. The Morgan fingerprint density at radius 2 is 2.09 bits per heavy atom. The van der Waals surface area contributed by atoms with Crippen molar-refractivity contribution < 1.29 is 15.0 Å². The predicted molar refractivity (Wildman–Crippen MR) is 81.1 cm³/mol. The minimum atomic E-state index is -0.894. The van der Waals surface area contributed by atoms with E-state index in [2.05, 4.69) is 5.10 Å². The van der Waals surface area contributed by atoms with Crippen LogP contribution in [0.25, 0.3) is 5.69 Å². The summed E-state index contributed by atoms with van der Waals surface area (Å²) < 4.78 is 1.78. The van der Waals surface area contributed by atoms with Crippen molar-refractivity contribution in [3.05, 3.63) is 48.3 Å². The summed E-state index contributed by atoms with van der Waals surface area (Å²) in [7, 11) is 0. The van der Waals surface area contributed by atoms with E-state index in [1.165, 1.54) is 4.90 Å². The SMILES string of the molecule is O=C(O)N1CC[C@@H](CO)[C@H](c2ccc(-n3cccn3)cc2)C1. The molecule has 0 saturated carbocycles. The van der Waals surface area contributed by atoms with Crippen molar-refractivity contribution in [2.24, 2.45) is 5.92 Å². The number of likely N-dealkylation sites (tertiary alicyclic amines) is 1. The molecule has 2 atom stereocenters. The summed E-state index contributed by atoms with van der Waals surface area (Å²) >= 11 is 0. The van der Waals surface area contributed by atoms with E-state index in [0.29, 0.717) is 19.5 Å². The number of amides is 1. The molecule has 1 amide bonds. The normalized spacial score (nSPS) is 21.8. The van der Waals surface area contributed by atoms with Crippen molar-refractivity contribution in [1.29, 1.82) is 0 Å². The molecule has 6 nitrogen and oxygen atoms in total. The molecule has 2 heterocycles. The number of piperidine rings is 1. The number of aromatic nitrogens is 2. The first-order chi connectivity index (χ1) is 10.7. The molecule has 2 N–H and O–H groups in total. The van der Waals surface area contributed by atoms with Crippen LogP contribution < -0.4 is 0 Å². The van der Waals surface area contributed by atoms with Crippen LogP contribution in [0.2, 0.25) is 0 Å². The maximum Gasteiger partial charge on any atom is 0.407 e. The molecule has 1 fully saturated rings. The fourth-order valence-corrected chi connectivity index (χ4v) is 3.07. The van der Waals surface area contributed by atoms with Gasteiger partial charge in [0.05, 0.1) is 5.69 Å². The molecule has 6 heteroatoms. The number of nitrogens with zero attached hydrogens (tertiary/aromatic N) is 3. The molecule has 0 aliphatic carbocycles. The van der Waals surface area contributed by atoms with E-state index < -0.39 is 6.09 Å². The molecular weight excluding hydrogens is 282 g/mol. The molecule has 0 bridgehead atoms. The van der Waals surface area contributed by atoms with Gasteiger partial charge in [-0.15, -0.1) is 0 Å². The lowest BCUT2D eigenvalue weighted by Crippen LogP contribution is -2.43. The maximum absolute atomic E-state index is 11.2. The van der Waals surface area contributed by atoms with Crippen LogP contribution in [-0.2, 0) is 0 Å². The number of aliphatic hydroxyl groups is 1. The van der Waals surface area contributed by atoms with Crippen LogP contribution in [0.1, 0.15) is 17.9 Å². The standard InChI is InChI=1S/C16H19N3O3/c20-11-13-6-9-18(16(21)22)10-15(13)12-2-4-14(5-3-12)19-8-1-7-17-19/h1-5,7-8,13,15,20H,6,9-11H2,(H,21,22)/t13-,15-/m0/s1. The van der Waals surface area contributed by atoms with Gasteiger partial charge in [0.2, 0.25) is 0 Å². The summed E-state index contributed by atoms with van der Waals surface area (Å²) in [4.78, 5) is 12.6. The molecule has 1 aromatic carbocycles. The second kappa shape index (κ2) is 6.19. The number of carboxylic acid groups (broad SMARTS) is 1. The van der Waals surface area contributed by atoms with Crippen molar-refractivity contribution in [2.75, 3.05) is 19.7 Å². The molecule has 0 radical (unpaired) electrons. The quantitative estimate of drug-likeness (QED) is 0.908. The number of aliphatic hydroxyl groups excluding tert-OH is 1. The zero-order valence-electron chi connectivity index (χ0n) is 12.2. The first-order valence-electron chi connectivity index (χ1n) is 7.37. The zero-order valence-corrected chi connectivity index (χ0v) is 12.2. The number of rotatable bonds is 3. The summed E-state index contributed by atoms with van der Waals surface area (Å²) in [5, 5.41) is 22.9. The second-order valence-electron chi connectivity index (χ2n) is 5.61. The molecule has 1 aliphatic rings. The Balaban J connectivity index is 1.82. The van der Waals surface area contributed by atoms with E-state index in [0.717, 1.165) is 11.3 Å². The molecule has 0 unspecified atom stereocenters. The van der Waals surface area contributed by atoms with Crippen LogP contribution in [0, 0.1) is 5.92 Å². The molecule has 2 aromatic rings. The molecule has 1 aromatic heterocycles. The minimum Gasteiger partial charge on any atom is -0.465 e. The number of hydrogen-bond donors (Lipinski definition) is 2. The Morgan fingerprint density at radius 3 is 2.68 bits per heavy atom. The van der Waals surface area contributed by atoms with E-state index in [1.807, 2.05) is 36.5 Å². The fraction of sp³-hybridized carbons (Fsp3) is 0.375. The first kappa shape index (κ1) is 14.6. The highest BCUT2D eigenvalue weighted by Crippen LogP contribution is 2.32. The first-order valence-corrected chi connectivity index (χ1v) is 7.37. The monoisotopic (exact) mass is 301 g/mol. The molecule has 0 spiro atoms. The van der Waals surface area contributed by atoms with Crippen LogP contribution in [0.15, 0.2) is 42.7 Å². The third-order valence-electron chi connectivity index (χ3n) is 4.35. The third-order valence-corrected chi connectivity index (χ3v) is 4.35. The van der Waals surface area contributed by atoms with Gasteiger partial charge in [0, 0.05) is 38.0 Å². The predicted octanol–water partition coefficient (Wildman–Crippen LogP) is 1.95. The molecule has 22 heavy (non-hydrogen) atoms. The highest BCUT2D eigenvalue weighted by Gasteiger charge is 2.31. The Labute approximate surface area is 128 Å². The van der Waals surface area contributed by atoms with Crippen LogP contribution in [0.4, 0.5) is 4.79 Å². The van der Waals surface area contributed by atoms with Crippen LogP contribution >= 0.6 is 0 Å². The van der Waals surface area contributed by atoms with Crippen LogP contribution in [0.3, 0.4) is 0 Å². The molecule has 1 saturated heterocycles. The summed E-state index contributed by atoms with van der Waals surface area (Å²) in [6, 6.07) is 9.79. The average Bonchev–Trinajstić information content (AvgIpc) is 3.09. The Bertz CT molecular complexity index is 625. The van der Waals surface area contributed by atoms with Gasteiger partial charge >= 0.3 is 6.09 Å². The van der Waals surface area contributed by atoms with Crippen molar-refractivity contribution in [3.63, 3.8) is 0 Å². The largest absolute Gasteiger partial charge is 0.465 e. The van der Waals surface area contributed by atoms with Crippen molar-refractivity contribution in [2.45, 2.75) is 12.3 Å². The van der Waals surface area contributed by atoms with Gasteiger partial charge in [0.15, 0.2) is 0 Å². The highest BCUT2D eigenvalue weighted by atomic mass is 16.4. The average molecular weight is 301 g/mol. The third kappa shape index (κ3) is 2.82. The van der Waals surface area contributed by atoms with Gasteiger partial charge in [-0.2, -0.15) is 5.10 Å². The van der Waals surface area contributed by atoms with E-state index in [4.69, 9.17) is 0 Å². The Kier molecular flexibility index (Phi) is 4.11. The molecule has 1 aliphatic heterocycles. The molecular formula is C16H19N3O3. The van der Waals surface area contributed by atoms with E-state index >= 15 is 0 Å². The van der Waals surface area contributed by atoms with E-state index in [9.17, 15) is 15.0 Å². The van der Waals surface area contributed by atoms with Crippen molar-refractivity contribution >= 4 is 6.09 Å². The second-order valence-corrected chi connectivity index (χ2v) is 5.61. The summed E-state index contributed by atoms with van der Waals surface area (Å²) in [5.74, 6) is 0.132. The lowest BCUT2D eigenvalue weighted by molar-refractivity contribution is 0.0939. The van der Waals surface area contributed by atoms with E-state index in [1.54, 1.807) is 10.9 Å². The minimum absolute atomic E-state index is 0.0292. The van der Waals surface area contributed by atoms with Crippen molar-refractivity contribution in [1.82, 2.24) is 14.7 Å². The maximum atomic E-state index is 11.2. The lowest BCUT2D eigenvalue weighted by atomic mass is 9.81. The number of benzene rings is 1. The Hall–Kier alpha value is -2.34. The van der Waals surface area contributed by atoms with Crippen LogP contribution in [-0.4, -0.2) is 50.7 Å². The summed E-state index contributed by atoms with van der Waals surface area (Å²) in [5.41, 5.74) is 2.01. The fourth-order valence-electron chi connectivity index (χ4n) is 3.07. The highest BCUT2D eigenvalue weighted by molar-refractivity contribution is 5.65. The van der Waals surface area contributed by atoms with Gasteiger partial charge in [-0.1, -0.05) is 12.1 Å². The molecule has 3 rings (SSSR count). The lowest BCUT2D eigenvalue weighted by Gasteiger charge is -2.36. The van der Waals surface area contributed by atoms with Gasteiger partial charge in [-0.3, -0.25) is 0 Å². The number of hydrogen-bond acceptors (Lipinski definition) is 3. The van der Waals surface area contributed by atoms with Gasteiger partial charge in [-0.05, 0) is 36.1 Å². The zero-order chi connectivity index (χ0) is 15.5. The number of carbonyl (C=O) groups is 1. The van der Waals surface area contributed by atoms with Gasteiger partial charge in [0.25, 0.3) is 0 Å². The van der Waals surface area contributed by atoms with E-state index in [-0.39, 0.29) is 18.4 Å². The smallest absolute Gasteiger partial charge is 0.407 e. The van der Waals surface area contributed by atoms with Gasteiger partial charge in [-0.25, -0.2) is 9.48 Å².